The number of thiophene rings is 1. The second-order valence-corrected chi connectivity index (χ2v) is 5.72. The molecule has 0 N–H and O–H groups in total. The average molecular weight is 260 g/mol. The molecule has 3 heteroatoms. The Bertz CT molecular complexity index is 552. The first-order chi connectivity index (χ1) is 8.83. The van der Waals surface area contributed by atoms with Crippen molar-refractivity contribution in [3.63, 3.8) is 0 Å². The van der Waals surface area contributed by atoms with Gasteiger partial charge in [-0.3, -0.25) is 4.79 Å². The molecule has 0 bridgehead atoms. The van der Waals surface area contributed by atoms with Crippen LogP contribution in [0.2, 0.25) is 0 Å². The minimum absolute atomic E-state index is 0.169. The number of ketones is 1. The van der Waals surface area contributed by atoms with E-state index in [0.29, 0.717) is 18.6 Å². The maximum absolute atomic E-state index is 12.0. The molecule has 1 aromatic heterocycles. The lowest BCUT2D eigenvalue weighted by Crippen LogP contribution is -2.14. The van der Waals surface area contributed by atoms with E-state index >= 15 is 0 Å². The Kier molecular flexibility index (Phi) is 3.43. The van der Waals surface area contributed by atoms with Gasteiger partial charge in [-0.25, -0.2) is 0 Å². The Labute approximate surface area is 111 Å². The Morgan fingerprint density at radius 3 is 3.11 bits per heavy atom. The molecule has 1 saturated heterocycles. The van der Waals surface area contributed by atoms with E-state index in [4.69, 9.17) is 4.74 Å². The predicted octanol–water partition coefficient (Wildman–Crippen LogP) is 3.58. The number of ether oxygens (including phenoxy) is 1. The van der Waals surface area contributed by atoms with Crippen LogP contribution in [0.3, 0.4) is 0 Å². The summed E-state index contributed by atoms with van der Waals surface area (Å²) in [6, 6.07) is 8.27. The first-order valence-electron chi connectivity index (χ1n) is 6.41. The molecule has 0 amide bonds. The van der Waals surface area contributed by atoms with Gasteiger partial charge in [-0.2, -0.15) is 0 Å². The molecule has 2 heterocycles. The third kappa shape index (κ3) is 2.47. The van der Waals surface area contributed by atoms with Crippen LogP contribution < -0.4 is 0 Å². The van der Waals surface area contributed by atoms with Crippen LogP contribution in [-0.2, 0) is 16.0 Å². The van der Waals surface area contributed by atoms with Gasteiger partial charge in [0.25, 0.3) is 0 Å². The zero-order chi connectivity index (χ0) is 12.4. The standard InChI is InChI=1S/C15H16O2S/c16-12(9-13-4-3-7-17-13)8-11-10-18-15-6-2-1-5-14(11)15/h1-2,5-6,10,13H,3-4,7-9H2. The number of rotatable bonds is 4. The molecule has 1 aliphatic heterocycles. The van der Waals surface area contributed by atoms with E-state index in [1.54, 1.807) is 11.3 Å². The van der Waals surface area contributed by atoms with Gasteiger partial charge < -0.3 is 4.74 Å². The van der Waals surface area contributed by atoms with Crippen molar-refractivity contribution in [2.45, 2.75) is 31.8 Å². The van der Waals surface area contributed by atoms with Crippen molar-refractivity contribution >= 4 is 27.2 Å². The maximum atomic E-state index is 12.0. The van der Waals surface area contributed by atoms with E-state index in [0.717, 1.165) is 19.4 Å². The van der Waals surface area contributed by atoms with Crippen molar-refractivity contribution < 1.29 is 9.53 Å². The van der Waals surface area contributed by atoms with Gasteiger partial charge in [0, 0.05) is 24.1 Å². The van der Waals surface area contributed by atoms with Gasteiger partial charge in [-0.1, -0.05) is 18.2 Å². The number of carbonyl (C=O) groups is 1. The Morgan fingerprint density at radius 1 is 1.39 bits per heavy atom. The number of hydrogen-bond acceptors (Lipinski definition) is 3. The normalized spacial score (nSPS) is 19.4. The highest BCUT2D eigenvalue weighted by Gasteiger charge is 2.19. The second-order valence-electron chi connectivity index (χ2n) is 4.81. The summed E-state index contributed by atoms with van der Waals surface area (Å²) in [5, 5.41) is 3.33. The van der Waals surface area contributed by atoms with Gasteiger partial charge in [-0.05, 0) is 35.2 Å². The van der Waals surface area contributed by atoms with Crippen LogP contribution in [0.15, 0.2) is 29.6 Å². The molecule has 2 aromatic rings. The van der Waals surface area contributed by atoms with Crippen molar-refractivity contribution in [2.24, 2.45) is 0 Å². The van der Waals surface area contributed by atoms with E-state index in [-0.39, 0.29) is 6.10 Å². The van der Waals surface area contributed by atoms with Crippen molar-refractivity contribution in [3.05, 3.63) is 35.2 Å². The number of fused-ring (bicyclic) bond motifs is 1. The minimum atomic E-state index is 0.169. The molecular weight excluding hydrogens is 244 g/mol. The number of Topliss-reactive ketones (excluding diaryl/α,β-unsaturated/α-hetero) is 1. The summed E-state index contributed by atoms with van der Waals surface area (Å²) in [4.78, 5) is 12.0. The van der Waals surface area contributed by atoms with E-state index < -0.39 is 0 Å². The number of hydrogen-bond donors (Lipinski definition) is 0. The van der Waals surface area contributed by atoms with Crippen LogP contribution >= 0.6 is 11.3 Å². The van der Waals surface area contributed by atoms with Crippen molar-refractivity contribution in [1.29, 1.82) is 0 Å². The fourth-order valence-electron chi connectivity index (χ4n) is 2.51. The fourth-order valence-corrected chi connectivity index (χ4v) is 3.48. The van der Waals surface area contributed by atoms with Crippen LogP contribution in [0.25, 0.3) is 10.1 Å². The zero-order valence-corrected chi connectivity index (χ0v) is 11.0. The lowest BCUT2D eigenvalue weighted by molar-refractivity contribution is -0.120. The minimum Gasteiger partial charge on any atom is -0.378 e. The summed E-state index contributed by atoms with van der Waals surface area (Å²) in [7, 11) is 0. The van der Waals surface area contributed by atoms with Gasteiger partial charge in [0.2, 0.25) is 0 Å². The Balaban J connectivity index is 1.70. The second kappa shape index (κ2) is 5.21. The van der Waals surface area contributed by atoms with Crippen molar-refractivity contribution in [1.82, 2.24) is 0 Å². The molecule has 18 heavy (non-hydrogen) atoms. The van der Waals surface area contributed by atoms with E-state index in [1.165, 1.54) is 15.6 Å². The van der Waals surface area contributed by atoms with Crippen molar-refractivity contribution in [2.75, 3.05) is 6.61 Å². The molecule has 1 unspecified atom stereocenters. The third-order valence-electron chi connectivity index (χ3n) is 3.43. The van der Waals surface area contributed by atoms with Gasteiger partial charge in [0.15, 0.2) is 0 Å². The molecule has 1 fully saturated rings. The molecule has 0 radical (unpaired) electrons. The van der Waals surface area contributed by atoms with Crippen LogP contribution in [0.5, 0.6) is 0 Å². The molecule has 1 aliphatic rings. The zero-order valence-electron chi connectivity index (χ0n) is 10.2. The molecule has 1 aromatic carbocycles. The first-order valence-corrected chi connectivity index (χ1v) is 7.29. The number of carbonyl (C=O) groups excluding carboxylic acids is 1. The summed E-state index contributed by atoms with van der Waals surface area (Å²) in [5.74, 6) is 0.297. The summed E-state index contributed by atoms with van der Waals surface area (Å²) >= 11 is 1.72. The SMILES string of the molecule is O=C(Cc1csc2ccccc12)CC1CCCO1. The molecule has 0 aliphatic carbocycles. The highest BCUT2D eigenvalue weighted by molar-refractivity contribution is 7.17. The summed E-state index contributed by atoms with van der Waals surface area (Å²) < 4.78 is 6.77. The highest BCUT2D eigenvalue weighted by atomic mass is 32.1. The maximum Gasteiger partial charge on any atom is 0.139 e. The van der Waals surface area contributed by atoms with Gasteiger partial charge in [0.1, 0.15) is 5.78 Å². The lowest BCUT2D eigenvalue weighted by Gasteiger charge is -2.07. The van der Waals surface area contributed by atoms with Crippen molar-refractivity contribution in [3.8, 4) is 0 Å². The van der Waals surface area contributed by atoms with Gasteiger partial charge in [0.05, 0.1) is 6.10 Å². The fraction of sp³-hybridized carbons (Fsp3) is 0.400. The predicted molar refractivity (Wildman–Crippen MR) is 74.1 cm³/mol. The Hall–Kier alpha value is -1.19. The summed E-state index contributed by atoms with van der Waals surface area (Å²) in [6.45, 7) is 0.819. The molecular formula is C15H16O2S. The van der Waals surface area contributed by atoms with Crippen LogP contribution in [-0.4, -0.2) is 18.5 Å². The van der Waals surface area contributed by atoms with Crippen LogP contribution in [0.1, 0.15) is 24.8 Å². The third-order valence-corrected chi connectivity index (χ3v) is 4.44. The van der Waals surface area contributed by atoms with Crippen LogP contribution in [0.4, 0.5) is 0 Å². The quantitative estimate of drug-likeness (QED) is 0.840. The molecule has 0 spiro atoms. The molecule has 0 saturated carbocycles. The van der Waals surface area contributed by atoms with E-state index in [1.807, 2.05) is 12.1 Å². The molecule has 1 atom stereocenters. The first kappa shape index (κ1) is 11.9. The topological polar surface area (TPSA) is 26.3 Å². The highest BCUT2D eigenvalue weighted by Crippen LogP contribution is 2.26. The summed E-state index contributed by atoms with van der Waals surface area (Å²) in [6.07, 6.45) is 3.42. The van der Waals surface area contributed by atoms with E-state index in [9.17, 15) is 4.79 Å². The molecule has 94 valence electrons. The van der Waals surface area contributed by atoms with Gasteiger partial charge in [-0.15, -0.1) is 11.3 Å². The monoisotopic (exact) mass is 260 g/mol. The van der Waals surface area contributed by atoms with E-state index in [2.05, 4.69) is 17.5 Å². The smallest absolute Gasteiger partial charge is 0.139 e. The lowest BCUT2D eigenvalue weighted by atomic mass is 10.0. The summed E-state index contributed by atoms with van der Waals surface area (Å²) in [5.41, 5.74) is 1.17. The average Bonchev–Trinajstić information content (AvgIpc) is 3.00. The number of benzene rings is 1. The van der Waals surface area contributed by atoms with Crippen LogP contribution in [0, 0.1) is 0 Å². The molecule has 3 rings (SSSR count). The molecule has 2 nitrogen and oxygen atoms in total. The largest absolute Gasteiger partial charge is 0.378 e. The van der Waals surface area contributed by atoms with Gasteiger partial charge >= 0.3 is 0 Å². The Morgan fingerprint density at radius 2 is 2.28 bits per heavy atom.